The lowest BCUT2D eigenvalue weighted by Gasteiger charge is -2.25. The maximum absolute atomic E-state index is 9.41. The summed E-state index contributed by atoms with van der Waals surface area (Å²) in [4.78, 5) is 7.26. The van der Waals surface area contributed by atoms with Gasteiger partial charge in [-0.3, -0.25) is 4.98 Å². The molecule has 0 N–H and O–H groups in total. The van der Waals surface area contributed by atoms with Crippen LogP contribution in [0.5, 0.6) is 0 Å². The van der Waals surface area contributed by atoms with Crippen molar-refractivity contribution in [1.29, 1.82) is 5.26 Å². The third-order valence-corrected chi connectivity index (χ3v) is 9.00. The molecule has 0 spiro atoms. The Balaban J connectivity index is 1.19. The normalized spacial score (nSPS) is 11.5. The predicted molar refractivity (Wildman–Crippen MR) is 190 cm³/mol. The molecule has 0 amide bonds. The van der Waals surface area contributed by atoms with Gasteiger partial charge in [0.25, 0.3) is 0 Å². The van der Waals surface area contributed by atoms with Crippen molar-refractivity contribution in [2.24, 2.45) is 0 Å². The Hall–Kier alpha value is -6.44. The Kier molecular flexibility index (Phi) is 5.84. The second-order valence-corrected chi connectivity index (χ2v) is 11.6. The number of anilines is 3. The smallest absolute Gasteiger partial charge is 0.0991 e. The molecule has 0 aliphatic carbocycles. The summed E-state index contributed by atoms with van der Waals surface area (Å²) in [5.41, 5.74) is 9.13. The van der Waals surface area contributed by atoms with Crippen LogP contribution in [0.4, 0.5) is 17.1 Å². The van der Waals surface area contributed by atoms with Crippen molar-refractivity contribution in [3.63, 3.8) is 0 Å². The zero-order chi connectivity index (χ0) is 30.6. The van der Waals surface area contributed by atoms with Gasteiger partial charge >= 0.3 is 0 Å². The Bertz CT molecular complexity index is 2570. The molecule has 0 saturated heterocycles. The number of benzene rings is 7. The van der Waals surface area contributed by atoms with Crippen molar-refractivity contribution in [2.75, 3.05) is 4.90 Å². The topological polar surface area (TPSA) is 44.9 Å². The van der Waals surface area contributed by atoms with Gasteiger partial charge in [0.05, 0.1) is 40.2 Å². The van der Waals surface area contributed by atoms with Crippen LogP contribution in [0.25, 0.3) is 60.3 Å². The minimum absolute atomic E-state index is 0.630. The van der Waals surface area contributed by atoms with E-state index >= 15 is 0 Å². The molecule has 46 heavy (non-hydrogen) atoms. The van der Waals surface area contributed by atoms with Crippen LogP contribution in [-0.4, -0.2) is 9.55 Å². The van der Waals surface area contributed by atoms with Crippen LogP contribution < -0.4 is 4.90 Å². The second-order valence-electron chi connectivity index (χ2n) is 11.6. The van der Waals surface area contributed by atoms with E-state index in [4.69, 9.17) is 4.98 Å². The molecule has 7 aromatic carbocycles. The zero-order valence-electron chi connectivity index (χ0n) is 24.8. The number of hydrogen-bond acceptors (Lipinski definition) is 3. The highest BCUT2D eigenvalue weighted by Crippen LogP contribution is 2.43. The Morgan fingerprint density at radius 2 is 1.26 bits per heavy atom. The molecule has 9 rings (SSSR count). The van der Waals surface area contributed by atoms with Crippen molar-refractivity contribution in [3.8, 4) is 23.0 Å². The third-order valence-electron chi connectivity index (χ3n) is 9.00. The van der Waals surface area contributed by atoms with Crippen molar-refractivity contribution < 1.29 is 0 Å². The van der Waals surface area contributed by atoms with E-state index in [2.05, 4.69) is 143 Å². The van der Waals surface area contributed by atoms with Gasteiger partial charge in [-0.2, -0.15) is 5.26 Å². The predicted octanol–water partition coefficient (Wildman–Crippen LogP) is 10.9. The molecule has 0 radical (unpaired) electrons. The molecular weight excluding hydrogens is 560 g/mol. The second kappa shape index (κ2) is 10.3. The molecule has 214 valence electrons. The minimum Gasteiger partial charge on any atom is -0.309 e. The molecule has 4 heteroatoms. The summed E-state index contributed by atoms with van der Waals surface area (Å²) in [6.45, 7) is 0. The molecule has 0 atom stereocenters. The zero-order valence-corrected chi connectivity index (χ0v) is 24.8. The summed E-state index contributed by atoms with van der Waals surface area (Å²) < 4.78 is 2.37. The molecular formula is C42H26N4. The average molecular weight is 587 g/mol. The molecule has 0 aliphatic heterocycles. The van der Waals surface area contributed by atoms with Crippen LogP contribution in [0, 0.1) is 11.3 Å². The number of nitriles is 1. The molecule has 2 aromatic heterocycles. The molecule has 0 unspecified atom stereocenters. The van der Waals surface area contributed by atoms with E-state index < -0.39 is 0 Å². The van der Waals surface area contributed by atoms with Crippen LogP contribution in [0.2, 0.25) is 0 Å². The first kappa shape index (κ1) is 26.0. The van der Waals surface area contributed by atoms with Gasteiger partial charge in [0.15, 0.2) is 0 Å². The number of aromatic nitrogens is 2. The van der Waals surface area contributed by atoms with Gasteiger partial charge in [0.1, 0.15) is 0 Å². The molecule has 0 fully saturated rings. The summed E-state index contributed by atoms with van der Waals surface area (Å²) in [6, 6.07) is 55.1. The fourth-order valence-corrected chi connectivity index (χ4v) is 6.89. The van der Waals surface area contributed by atoms with Gasteiger partial charge in [0, 0.05) is 33.4 Å². The van der Waals surface area contributed by atoms with E-state index in [9.17, 15) is 5.26 Å². The number of para-hydroxylation sites is 1. The monoisotopic (exact) mass is 586 g/mol. The summed E-state index contributed by atoms with van der Waals surface area (Å²) in [6.07, 6.45) is 1.95. The highest BCUT2D eigenvalue weighted by molar-refractivity contribution is 6.26. The lowest BCUT2D eigenvalue weighted by Crippen LogP contribution is -2.10. The fourth-order valence-electron chi connectivity index (χ4n) is 6.89. The fraction of sp³-hybridized carbons (Fsp3) is 0. The maximum Gasteiger partial charge on any atom is 0.0991 e. The first-order chi connectivity index (χ1) is 22.8. The largest absolute Gasteiger partial charge is 0.309 e. The third kappa shape index (κ3) is 4.03. The van der Waals surface area contributed by atoms with Crippen LogP contribution in [0.1, 0.15) is 5.56 Å². The molecule has 2 heterocycles. The Morgan fingerprint density at radius 3 is 2.07 bits per heavy atom. The van der Waals surface area contributed by atoms with Crippen LogP contribution in [-0.2, 0) is 0 Å². The van der Waals surface area contributed by atoms with Crippen molar-refractivity contribution >= 4 is 60.4 Å². The first-order valence-electron chi connectivity index (χ1n) is 15.4. The van der Waals surface area contributed by atoms with E-state index in [-0.39, 0.29) is 0 Å². The lowest BCUT2D eigenvalue weighted by atomic mass is 9.97. The van der Waals surface area contributed by atoms with Crippen molar-refractivity contribution in [1.82, 2.24) is 9.55 Å². The Labute approximate surface area is 266 Å². The summed E-state index contributed by atoms with van der Waals surface area (Å²) in [7, 11) is 0. The summed E-state index contributed by atoms with van der Waals surface area (Å²) in [5.74, 6) is 0. The number of rotatable bonds is 5. The number of hydrogen-bond donors (Lipinski definition) is 0. The standard InChI is InChI=1S/C42H26N4/c43-26-28-13-17-33(18-14-28)45(34-19-15-29-7-4-5-8-31(29)25-34)35-20-23-38(44-27-35)36-22-24-40-42-37(36)21-16-30-9-6-12-39(41(30)42)46(40)32-10-2-1-3-11-32/h1-25,27H. The Morgan fingerprint density at radius 1 is 0.543 bits per heavy atom. The molecule has 0 saturated carbocycles. The van der Waals surface area contributed by atoms with E-state index in [0.29, 0.717) is 5.56 Å². The van der Waals surface area contributed by atoms with Gasteiger partial charge in [0.2, 0.25) is 0 Å². The molecule has 0 bridgehead atoms. The first-order valence-corrected chi connectivity index (χ1v) is 15.4. The van der Waals surface area contributed by atoms with Crippen molar-refractivity contribution in [3.05, 3.63) is 163 Å². The lowest BCUT2D eigenvalue weighted by molar-refractivity contribution is 1.18. The van der Waals surface area contributed by atoms with Gasteiger partial charge < -0.3 is 9.47 Å². The molecule has 9 aromatic rings. The average Bonchev–Trinajstić information content (AvgIpc) is 3.47. The van der Waals surface area contributed by atoms with Crippen molar-refractivity contribution in [2.45, 2.75) is 0 Å². The number of pyridine rings is 1. The van der Waals surface area contributed by atoms with E-state index in [0.717, 1.165) is 39.4 Å². The van der Waals surface area contributed by atoms with Gasteiger partial charge in [-0.15, -0.1) is 0 Å². The number of nitrogens with zero attached hydrogens (tertiary/aromatic N) is 4. The summed E-state index contributed by atoms with van der Waals surface area (Å²) >= 11 is 0. The number of fused-ring (bicyclic) bond motifs is 1. The van der Waals surface area contributed by atoms with Crippen LogP contribution in [0.15, 0.2) is 158 Å². The minimum atomic E-state index is 0.630. The molecule has 4 nitrogen and oxygen atoms in total. The quantitative estimate of drug-likeness (QED) is 0.188. The highest BCUT2D eigenvalue weighted by atomic mass is 15.1. The van der Waals surface area contributed by atoms with E-state index in [1.165, 1.54) is 38.0 Å². The van der Waals surface area contributed by atoms with E-state index in [1.54, 1.807) is 0 Å². The SMILES string of the molecule is N#Cc1ccc(N(c2ccc(-c3ccc4c5c3ccc3cccc(c35)n4-c3ccccc3)nc2)c2ccc3ccccc3c2)cc1. The molecule has 0 aliphatic rings. The van der Waals surface area contributed by atoms with Crippen LogP contribution in [0.3, 0.4) is 0 Å². The van der Waals surface area contributed by atoms with Gasteiger partial charge in [-0.05, 0) is 94.3 Å². The van der Waals surface area contributed by atoms with E-state index in [1.807, 2.05) is 30.5 Å². The summed E-state index contributed by atoms with van der Waals surface area (Å²) in [5, 5.41) is 16.7. The van der Waals surface area contributed by atoms with Crippen LogP contribution >= 0.6 is 0 Å². The van der Waals surface area contributed by atoms with Gasteiger partial charge in [-0.25, -0.2) is 0 Å². The van der Waals surface area contributed by atoms with Gasteiger partial charge in [-0.1, -0.05) is 78.9 Å². The highest BCUT2D eigenvalue weighted by Gasteiger charge is 2.20. The maximum atomic E-state index is 9.41.